The Kier molecular flexibility index (Phi) is 7.01. The van der Waals surface area contributed by atoms with Crippen molar-refractivity contribution in [1.82, 2.24) is 15.1 Å². The molecule has 0 spiro atoms. The number of hydrogen-bond acceptors (Lipinski definition) is 3. The molecule has 6 nitrogen and oxygen atoms in total. The topological polar surface area (TPSA) is 64.7 Å². The molecule has 3 rings (SSSR count). The lowest BCUT2D eigenvalue weighted by atomic mass is 9.86. The van der Waals surface area contributed by atoms with Gasteiger partial charge in [0.2, 0.25) is 0 Å². The molecule has 0 radical (unpaired) electrons. The van der Waals surface area contributed by atoms with E-state index in [4.69, 9.17) is 0 Å². The molecule has 2 aromatic carbocycles. The van der Waals surface area contributed by atoms with Gasteiger partial charge in [-0.25, -0.2) is 4.79 Å². The highest BCUT2D eigenvalue weighted by Crippen LogP contribution is 2.24. The average molecular weight is 423 g/mol. The summed E-state index contributed by atoms with van der Waals surface area (Å²) >= 11 is 0. The number of nitrogens with zero attached hydrogens (tertiary/aromatic N) is 2. The lowest BCUT2D eigenvalue weighted by molar-refractivity contribution is 0.0827. The molecule has 166 valence electrons. The number of urea groups is 1. The Hall–Kier alpha value is -2.86. The quantitative estimate of drug-likeness (QED) is 0.766. The fourth-order valence-electron chi connectivity index (χ4n) is 3.82. The average Bonchev–Trinajstić information content (AvgIpc) is 2.72. The fourth-order valence-corrected chi connectivity index (χ4v) is 3.82. The summed E-state index contributed by atoms with van der Waals surface area (Å²) < 4.78 is 0. The number of benzene rings is 2. The zero-order valence-corrected chi connectivity index (χ0v) is 19.2. The number of anilines is 1. The van der Waals surface area contributed by atoms with E-state index in [-0.39, 0.29) is 23.4 Å². The van der Waals surface area contributed by atoms with E-state index in [9.17, 15) is 9.59 Å². The Morgan fingerprint density at radius 2 is 1.77 bits per heavy atom. The predicted molar refractivity (Wildman–Crippen MR) is 125 cm³/mol. The monoisotopic (exact) mass is 422 g/mol. The van der Waals surface area contributed by atoms with Crippen molar-refractivity contribution in [2.45, 2.75) is 39.8 Å². The third-order valence-corrected chi connectivity index (χ3v) is 5.77. The van der Waals surface area contributed by atoms with Crippen LogP contribution >= 0.6 is 0 Å². The van der Waals surface area contributed by atoms with E-state index in [0.717, 1.165) is 26.1 Å². The van der Waals surface area contributed by atoms with Crippen molar-refractivity contribution in [1.29, 1.82) is 0 Å². The van der Waals surface area contributed by atoms with Crippen molar-refractivity contribution in [3.8, 4) is 0 Å². The molecule has 1 heterocycles. The Morgan fingerprint density at radius 1 is 1.06 bits per heavy atom. The van der Waals surface area contributed by atoms with Crippen LogP contribution in [0.5, 0.6) is 0 Å². The van der Waals surface area contributed by atoms with Crippen LogP contribution in [0.3, 0.4) is 0 Å². The smallest absolute Gasteiger partial charge is 0.319 e. The molecule has 0 bridgehead atoms. The van der Waals surface area contributed by atoms with Gasteiger partial charge in [0.15, 0.2) is 0 Å². The molecule has 0 saturated heterocycles. The van der Waals surface area contributed by atoms with E-state index in [1.54, 1.807) is 38.4 Å². The summed E-state index contributed by atoms with van der Waals surface area (Å²) in [5, 5.41) is 6.05. The maximum atomic E-state index is 12.8. The highest BCUT2D eigenvalue weighted by Gasteiger charge is 2.29. The highest BCUT2D eigenvalue weighted by atomic mass is 16.2. The first kappa shape index (κ1) is 22.8. The number of fused-ring (bicyclic) bond motifs is 1. The van der Waals surface area contributed by atoms with E-state index in [0.29, 0.717) is 11.3 Å². The Morgan fingerprint density at radius 3 is 2.45 bits per heavy atom. The lowest BCUT2D eigenvalue weighted by Gasteiger charge is -2.37. The molecule has 0 saturated carbocycles. The van der Waals surface area contributed by atoms with Gasteiger partial charge in [-0.1, -0.05) is 51.1 Å². The zero-order chi connectivity index (χ0) is 22.6. The van der Waals surface area contributed by atoms with Gasteiger partial charge in [0.1, 0.15) is 0 Å². The van der Waals surface area contributed by atoms with Crippen LogP contribution in [0.1, 0.15) is 42.3 Å². The SMILES string of the molecule is CN(C)C(=O)c1cccc(NC(=O)NC(CN2CCc3ccccc3C2)C(C)(C)C)c1. The first-order valence-corrected chi connectivity index (χ1v) is 10.8. The number of carbonyl (C=O) groups excluding carboxylic acids is 2. The summed E-state index contributed by atoms with van der Waals surface area (Å²) in [5.74, 6) is -0.0954. The molecule has 1 unspecified atom stereocenters. The minimum Gasteiger partial charge on any atom is -0.345 e. The van der Waals surface area contributed by atoms with E-state index in [1.165, 1.54) is 16.0 Å². The van der Waals surface area contributed by atoms with Crippen molar-refractivity contribution in [2.24, 2.45) is 5.41 Å². The summed E-state index contributed by atoms with van der Waals surface area (Å²) in [7, 11) is 3.42. The summed E-state index contributed by atoms with van der Waals surface area (Å²) in [5.41, 5.74) is 3.83. The molecule has 0 fully saturated rings. The number of nitrogens with one attached hydrogen (secondary N) is 2. The summed E-state index contributed by atoms with van der Waals surface area (Å²) in [6, 6.07) is 15.3. The number of amides is 3. The van der Waals surface area contributed by atoms with Gasteiger partial charge >= 0.3 is 6.03 Å². The van der Waals surface area contributed by atoms with E-state index >= 15 is 0 Å². The third-order valence-electron chi connectivity index (χ3n) is 5.77. The minimum atomic E-state index is -0.258. The molecule has 1 aliphatic heterocycles. The molecule has 0 aliphatic carbocycles. The van der Waals surface area contributed by atoms with Crippen molar-refractivity contribution >= 4 is 17.6 Å². The van der Waals surface area contributed by atoms with Gasteiger partial charge in [-0.2, -0.15) is 0 Å². The van der Waals surface area contributed by atoms with Crippen molar-refractivity contribution in [3.63, 3.8) is 0 Å². The van der Waals surface area contributed by atoms with Gasteiger partial charge in [-0.05, 0) is 41.2 Å². The van der Waals surface area contributed by atoms with Crippen LogP contribution in [0.15, 0.2) is 48.5 Å². The van der Waals surface area contributed by atoms with Gasteiger partial charge in [0.05, 0.1) is 0 Å². The second kappa shape index (κ2) is 9.52. The Bertz CT molecular complexity index is 933. The van der Waals surface area contributed by atoms with Crippen LogP contribution in [-0.2, 0) is 13.0 Å². The molecule has 31 heavy (non-hydrogen) atoms. The number of carbonyl (C=O) groups is 2. The van der Waals surface area contributed by atoms with Crippen LogP contribution in [-0.4, -0.2) is 55.0 Å². The maximum absolute atomic E-state index is 12.8. The van der Waals surface area contributed by atoms with Crippen LogP contribution in [0.4, 0.5) is 10.5 Å². The Labute approximate surface area is 185 Å². The molecular weight excluding hydrogens is 388 g/mol. The van der Waals surface area contributed by atoms with Gasteiger partial charge < -0.3 is 15.5 Å². The Balaban J connectivity index is 1.64. The molecule has 2 N–H and O–H groups in total. The van der Waals surface area contributed by atoms with Crippen LogP contribution in [0.25, 0.3) is 0 Å². The standard InChI is InChI=1S/C25H34N4O2/c1-25(2,3)22(17-29-14-13-18-9-6-7-10-20(18)16-29)27-24(31)26-21-12-8-11-19(15-21)23(30)28(4)5/h6-12,15,22H,13-14,16-17H2,1-5H3,(H2,26,27,31). The lowest BCUT2D eigenvalue weighted by Crippen LogP contribution is -2.52. The van der Waals surface area contributed by atoms with Crippen molar-refractivity contribution in [3.05, 3.63) is 65.2 Å². The molecule has 0 aromatic heterocycles. The first-order valence-electron chi connectivity index (χ1n) is 10.8. The highest BCUT2D eigenvalue weighted by molar-refractivity contribution is 5.96. The van der Waals surface area contributed by atoms with E-state index in [2.05, 4.69) is 60.6 Å². The minimum absolute atomic E-state index is 0.0237. The van der Waals surface area contributed by atoms with Crippen LogP contribution < -0.4 is 10.6 Å². The van der Waals surface area contributed by atoms with Crippen LogP contribution in [0.2, 0.25) is 0 Å². The third kappa shape index (κ3) is 6.07. The van der Waals surface area contributed by atoms with Gasteiger partial charge in [0, 0.05) is 51.0 Å². The van der Waals surface area contributed by atoms with Crippen LogP contribution in [0, 0.1) is 5.41 Å². The molecule has 3 amide bonds. The van der Waals surface area contributed by atoms with Crippen molar-refractivity contribution < 1.29 is 9.59 Å². The van der Waals surface area contributed by atoms with Gasteiger partial charge in [-0.15, -0.1) is 0 Å². The van der Waals surface area contributed by atoms with Gasteiger partial charge in [0.25, 0.3) is 5.91 Å². The fraction of sp³-hybridized carbons (Fsp3) is 0.440. The van der Waals surface area contributed by atoms with E-state index < -0.39 is 0 Å². The summed E-state index contributed by atoms with van der Waals surface area (Å²) in [6.45, 7) is 9.11. The second-order valence-corrected chi connectivity index (χ2v) is 9.55. The zero-order valence-electron chi connectivity index (χ0n) is 19.2. The van der Waals surface area contributed by atoms with Gasteiger partial charge in [-0.3, -0.25) is 9.69 Å². The molecule has 6 heteroatoms. The molecule has 1 atom stereocenters. The summed E-state index contributed by atoms with van der Waals surface area (Å²) in [4.78, 5) is 28.9. The second-order valence-electron chi connectivity index (χ2n) is 9.55. The normalized spacial score (nSPS) is 15.0. The largest absolute Gasteiger partial charge is 0.345 e. The number of rotatable bonds is 5. The first-order chi connectivity index (χ1) is 14.6. The molecule has 1 aliphatic rings. The molecular formula is C25H34N4O2. The van der Waals surface area contributed by atoms with E-state index in [1.807, 2.05) is 0 Å². The van der Waals surface area contributed by atoms with Crippen molar-refractivity contribution in [2.75, 3.05) is 32.5 Å². The summed E-state index contributed by atoms with van der Waals surface area (Å²) in [6.07, 6.45) is 1.03. The number of hydrogen-bond donors (Lipinski definition) is 2. The maximum Gasteiger partial charge on any atom is 0.319 e. The predicted octanol–water partition coefficient (Wildman–Crippen LogP) is 3.98. The molecule has 2 aromatic rings.